The lowest BCUT2D eigenvalue weighted by molar-refractivity contribution is 0.270. The van der Waals surface area contributed by atoms with E-state index in [1.807, 2.05) is 0 Å². The molecule has 0 heterocycles. The first kappa shape index (κ1) is 12.6. The molecule has 15 heavy (non-hydrogen) atoms. The molecule has 0 spiro atoms. The third-order valence-corrected chi connectivity index (χ3v) is 2.85. The van der Waals surface area contributed by atoms with Crippen LogP contribution in [-0.2, 0) is 21.0 Å². The Labute approximate surface area is 95.1 Å². The summed E-state index contributed by atoms with van der Waals surface area (Å²) in [4.78, 5) is 0. The molecule has 1 aromatic rings. The summed E-state index contributed by atoms with van der Waals surface area (Å²) in [7, 11) is -4.46. The van der Waals surface area contributed by atoms with Gasteiger partial charge >= 0.3 is 10.4 Å². The number of hydrogen-bond donors (Lipinski definition) is 1. The molecule has 0 radical (unpaired) electrons. The summed E-state index contributed by atoms with van der Waals surface area (Å²) in [5.41, 5.74) is 0.307. The molecular formula is C8H8BrFO4S. The van der Waals surface area contributed by atoms with Crippen molar-refractivity contribution in [2.75, 3.05) is 6.61 Å². The average Bonchev–Trinajstić information content (AvgIpc) is 2.08. The van der Waals surface area contributed by atoms with Gasteiger partial charge in [-0.05, 0) is 12.1 Å². The lowest BCUT2D eigenvalue weighted by Crippen LogP contribution is -2.08. The predicted octanol–water partition coefficient (Wildman–Crippen LogP) is 1.95. The highest BCUT2D eigenvalue weighted by Gasteiger charge is 2.09. The molecule has 0 aromatic heterocycles. The van der Waals surface area contributed by atoms with Gasteiger partial charge in [0.1, 0.15) is 5.82 Å². The first-order valence-electron chi connectivity index (χ1n) is 3.95. The largest absolute Gasteiger partial charge is 0.397 e. The third kappa shape index (κ3) is 4.25. The van der Waals surface area contributed by atoms with Gasteiger partial charge in [0.05, 0.1) is 6.61 Å². The highest BCUT2D eigenvalue weighted by Crippen LogP contribution is 2.20. The maximum Gasteiger partial charge on any atom is 0.397 e. The van der Waals surface area contributed by atoms with E-state index in [0.29, 0.717) is 10.0 Å². The SMILES string of the molecule is O=S(=O)(O)OCCc1c(F)cccc1Br. The highest BCUT2D eigenvalue weighted by atomic mass is 79.9. The van der Waals surface area contributed by atoms with Crippen LogP contribution in [0.2, 0.25) is 0 Å². The number of halogens is 2. The lowest BCUT2D eigenvalue weighted by Gasteiger charge is -2.04. The lowest BCUT2D eigenvalue weighted by atomic mass is 10.1. The molecule has 84 valence electrons. The fourth-order valence-corrected chi connectivity index (χ4v) is 1.85. The summed E-state index contributed by atoms with van der Waals surface area (Å²) >= 11 is 3.12. The monoisotopic (exact) mass is 298 g/mol. The van der Waals surface area contributed by atoms with Crippen molar-refractivity contribution < 1.29 is 21.5 Å². The fourth-order valence-electron chi connectivity index (χ4n) is 1.02. The highest BCUT2D eigenvalue weighted by molar-refractivity contribution is 9.10. The van der Waals surface area contributed by atoms with Crippen LogP contribution in [0.5, 0.6) is 0 Å². The summed E-state index contributed by atoms with van der Waals surface area (Å²) in [5.74, 6) is -0.455. The van der Waals surface area contributed by atoms with Gasteiger partial charge in [0, 0.05) is 16.5 Å². The molecule has 0 aliphatic rings. The van der Waals surface area contributed by atoms with E-state index in [-0.39, 0.29) is 13.0 Å². The molecule has 0 amide bonds. The predicted molar refractivity (Wildman–Crippen MR) is 55.3 cm³/mol. The van der Waals surface area contributed by atoms with E-state index < -0.39 is 16.2 Å². The van der Waals surface area contributed by atoms with Crippen LogP contribution in [0, 0.1) is 5.82 Å². The number of rotatable bonds is 4. The molecule has 0 fully saturated rings. The van der Waals surface area contributed by atoms with Crippen LogP contribution in [0.4, 0.5) is 4.39 Å². The van der Waals surface area contributed by atoms with Crippen LogP contribution < -0.4 is 0 Å². The minimum absolute atomic E-state index is 0.0487. The van der Waals surface area contributed by atoms with E-state index in [0.717, 1.165) is 0 Å². The van der Waals surface area contributed by atoms with E-state index in [4.69, 9.17) is 4.55 Å². The Hall–Kier alpha value is -0.500. The van der Waals surface area contributed by atoms with Crippen molar-refractivity contribution in [1.29, 1.82) is 0 Å². The van der Waals surface area contributed by atoms with E-state index in [2.05, 4.69) is 20.1 Å². The molecule has 1 N–H and O–H groups in total. The van der Waals surface area contributed by atoms with Gasteiger partial charge in [-0.2, -0.15) is 8.42 Å². The van der Waals surface area contributed by atoms with Crippen LogP contribution in [0.3, 0.4) is 0 Å². The quantitative estimate of drug-likeness (QED) is 0.863. The zero-order chi connectivity index (χ0) is 11.5. The second-order valence-electron chi connectivity index (χ2n) is 2.70. The maximum absolute atomic E-state index is 13.2. The summed E-state index contributed by atoms with van der Waals surface area (Å²) in [6.07, 6.45) is 0.0487. The molecule has 0 aliphatic carbocycles. The van der Waals surface area contributed by atoms with Gasteiger partial charge < -0.3 is 0 Å². The Morgan fingerprint density at radius 2 is 2.13 bits per heavy atom. The molecule has 1 rings (SSSR count). The Morgan fingerprint density at radius 1 is 1.47 bits per heavy atom. The summed E-state index contributed by atoms with van der Waals surface area (Å²) in [6, 6.07) is 4.41. The van der Waals surface area contributed by atoms with Crippen LogP contribution >= 0.6 is 15.9 Å². The van der Waals surface area contributed by atoms with Gasteiger partial charge in [0.2, 0.25) is 0 Å². The van der Waals surface area contributed by atoms with Crippen molar-refractivity contribution in [3.63, 3.8) is 0 Å². The van der Waals surface area contributed by atoms with Crippen LogP contribution in [0.15, 0.2) is 22.7 Å². The molecule has 1 aromatic carbocycles. The zero-order valence-corrected chi connectivity index (χ0v) is 9.88. The van der Waals surface area contributed by atoms with E-state index >= 15 is 0 Å². The third-order valence-electron chi connectivity index (χ3n) is 1.65. The van der Waals surface area contributed by atoms with Gasteiger partial charge in [0.15, 0.2) is 0 Å². The molecule has 0 unspecified atom stereocenters. The fraction of sp³-hybridized carbons (Fsp3) is 0.250. The van der Waals surface area contributed by atoms with Gasteiger partial charge in [-0.25, -0.2) is 8.57 Å². The number of benzene rings is 1. The Balaban J connectivity index is 2.66. The molecule has 0 atom stereocenters. The van der Waals surface area contributed by atoms with Crippen LogP contribution in [0.1, 0.15) is 5.56 Å². The minimum atomic E-state index is -4.46. The molecule has 0 saturated carbocycles. The molecular weight excluding hydrogens is 291 g/mol. The van der Waals surface area contributed by atoms with Crippen molar-refractivity contribution >= 4 is 26.3 Å². The number of hydrogen-bond acceptors (Lipinski definition) is 3. The van der Waals surface area contributed by atoms with E-state index in [1.54, 1.807) is 6.07 Å². The Kier molecular flexibility index (Phi) is 4.21. The summed E-state index contributed by atoms with van der Waals surface area (Å²) < 4.78 is 46.5. The smallest absolute Gasteiger partial charge is 0.264 e. The normalized spacial score (nSPS) is 11.7. The van der Waals surface area contributed by atoms with Crippen molar-refractivity contribution in [2.24, 2.45) is 0 Å². The molecule has 7 heteroatoms. The van der Waals surface area contributed by atoms with Gasteiger partial charge in [-0.1, -0.05) is 22.0 Å². The summed E-state index contributed by atoms with van der Waals surface area (Å²) in [5, 5.41) is 0. The van der Waals surface area contributed by atoms with Gasteiger partial charge in [-0.3, -0.25) is 4.55 Å². The van der Waals surface area contributed by atoms with Crippen molar-refractivity contribution in [1.82, 2.24) is 0 Å². The van der Waals surface area contributed by atoms with Gasteiger partial charge in [0.25, 0.3) is 0 Å². The van der Waals surface area contributed by atoms with Crippen LogP contribution in [0.25, 0.3) is 0 Å². The molecule has 0 saturated heterocycles. The maximum atomic E-state index is 13.2. The molecule has 4 nitrogen and oxygen atoms in total. The topological polar surface area (TPSA) is 63.6 Å². The molecule has 0 bridgehead atoms. The first-order chi connectivity index (χ1) is 6.90. The van der Waals surface area contributed by atoms with E-state index in [9.17, 15) is 12.8 Å². The van der Waals surface area contributed by atoms with Crippen molar-refractivity contribution in [3.05, 3.63) is 34.1 Å². The second kappa shape index (κ2) is 5.02. The first-order valence-corrected chi connectivity index (χ1v) is 6.10. The molecule has 0 aliphatic heterocycles. The minimum Gasteiger partial charge on any atom is -0.264 e. The Morgan fingerprint density at radius 3 is 2.67 bits per heavy atom. The van der Waals surface area contributed by atoms with Gasteiger partial charge in [-0.15, -0.1) is 0 Å². The zero-order valence-electron chi connectivity index (χ0n) is 7.48. The summed E-state index contributed by atoms with van der Waals surface area (Å²) in [6.45, 7) is -0.307. The van der Waals surface area contributed by atoms with Crippen LogP contribution in [-0.4, -0.2) is 19.6 Å². The van der Waals surface area contributed by atoms with Crippen molar-refractivity contribution in [3.8, 4) is 0 Å². The van der Waals surface area contributed by atoms with E-state index in [1.165, 1.54) is 12.1 Å². The van der Waals surface area contributed by atoms with Crippen molar-refractivity contribution in [2.45, 2.75) is 6.42 Å². The average molecular weight is 299 g/mol. The standard InChI is InChI=1S/C8H8BrFO4S/c9-7-2-1-3-8(10)6(7)4-5-14-15(11,12)13/h1-3H,4-5H2,(H,11,12,13). The Bertz CT molecular complexity index is 426. The second-order valence-corrected chi connectivity index (χ2v) is 4.65.